The first kappa shape index (κ1) is 38.0. The molecule has 4 aliphatic carbocycles. The number of carbonyl (C=O) groups is 2. The van der Waals surface area contributed by atoms with Crippen LogP contribution in [0.25, 0.3) is 0 Å². The van der Waals surface area contributed by atoms with Gasteiger partial charge in [-0.1, -0.05) is 12.8 Å². The average molecular weight is 710 g/mol. The highest BCUT2D eigenvalue weighted by Crippen LogP contribution is 2.56. The van der Waals surface area contributed by atoms with Crippen molar-refractivity contribution in [2.45, 2.75) is 119 Å². The van der Waals surface area contributed by atoms with Gasteiger partial charge in [-0.3, -0.25) is 14.6 Å². The monoisotopic (exact) mass is 709 g/mol. The Morgan fingerprint density at radius 1 is 1.00 bits per heavy atom. The molecule has 2 aliphatic heterocycles. The van der Waals surface area contributed by atoms with Gasteiger partial charge in [0.15, 0.2) is 12.2 Å². The van der Waals surface area contributed by atoms with Gasteiger partial charge >= 0.3 is 0 Å². The summed E-state index contributed by atoms with van der Waals surface area (Å²) in [5.74, 6) is -3.40. The van der Waals surface area contributed by atoms with E-state index in [1.54, 1.807) is 7.05 Å². The van der Waals surface area contributed by atoms with Crippen molar-refractivity contribution >= 4 is 17.5 Å². The SMILES string of the molecule is CN=C(N)NCC1C(CC2(C3CCC(N)NC3)CCCC2)CC2C(=O)C3CC(OC)CC(OC4OC(CO)C(O)C(O)C4O)C3C(=O)C2C1O. The molecule has 2 heterocycles. The summed E-state index contributed by atoms with van der Waals surface area (Å²) >= 11 is 0. The van der Waals surface area contributed by atoms with E-state index in [0.29, 0.717) is 25.3 Å². The first-order valence-corrected chi connectivity index (χ1v) is 18.6. The second-order valence-electron chi connectivity index (χ2n) is 16.0. The summed E-state index contributed by atoms with van der Waals surface area (Å²) in [7, 11) is 3.11. The minimum atomic E-state index is -1.67. The van der Waals surface area contributed by atoms with Gasteiger partial charge in [-0.25, -0.2) is 0 Å². The fraction of sp³-hybridized carbons (Fsp3) is 0.914. The Hall–Kier alpha value is -1.79. The van der Waals surface area contributed by atoms with Crippen LogP contribution in [0.1, 0.15) is 64.2 Å². The van der Waals surface area contributed by atoms with Gasteiger partial charge in [0, 0.05) is 44.9 Å². The highest BCUT2D eigenvalue weighted by atomic mass is 16.7. The largest absolute Gasteiger partial charge is 0.394 e. The molecule has 16 atom stereocenters. The Labute approximate surface area is 293 Å². The van der Waals surface area contributed by atoms with Crippen LogP contribution in [-0.4, -0.2) is 132 Å². The Kier molecular flexibility index (Phi) is 11.9. The van der Waals surface area contributed by atoms with Crippen LogP contribution in [0.5, 0.6) is 0 Å². The van der Waals surface area contributed by atoms with Crippen molar-refractivity contribution in [3.8, 4) is 0 Å². The number of guanidine groups is 1. The Bertz CT molecular complexity index is 1230. The lowest BCUT2D eigenvalue weighted by Gasteiger charge is -2.54. The zero-order chi connectivity index (χ0) is 35.9. The van der Waals surface area contributed by atoms with Gasteiger partial charge in [0.05, 0.1) is 42.9 Å². The third-order valence-corrected chi connectivity index (χ3v) is 13.5. The topological polar surface area (TPSA) is 251 Å². The number of methoxy groups -OCH3 is 1. The van der Waals surface area contributed by atoms with Crippen LogP contribution in [0, 0.1) is 46.8 Å². The molecule has 50 heavy (non-hydrogen) atoms. The third-order valence-electron chi connectivity index (χ3n) is 13.5. The second-order valence-corrected chi connectivity index (χ2v) is 16.0. The van der Waals surface area contributed by atoms with Crippen LogP contribution < -0.4 is 22.1 Å². The molecule has 0 aromatic carbocycles. The van der Waals surface area contributed by atoms with E-state index < -0.39 is 79.3 Å². The van der Waals surface area contributed by atoms with E-state index in [-0.39, 0.29) is 47.4 Å². The molecule has 0 bridgehead atoms. The normalized spacial score (nSPS) is 46.7. The first-order chi connectivity index (χ1) is 23.9. The summed E-state index contributed by atoms with van der Waals surface area (Å²) in [6.45, 7) is 0.510. The molecule has 6 rings (SSSR count). The lowest BCUT2D eigenvalue weighted by Crippen LogP contribution is -2.64. The summed E-state index contributed by atoms with van der Waals surface area (Å²) in [6, 6.07) is 0. The fourth-order valence-corrected chi connectivity index (χ4v) is 10.7. The fourth-order valence-electron chi connectivity index (χ4n) is 10.7. The van der Waals surface area contributed by atoms with E-state index in [1.807, 2.05) is 0 Å². The summed E-state index contributed by atoms with van der Waals surface area (Å²) < 4.78 is 17.6. The molecule has 0 amide bonds. The zero-order valence-electron chi connectivity index (χ0n) is 29.3. The lowest BCUT2D eigenvalue weighted by molar-refractivity contribution is -0.319. The van der Waals surface area contributed by atoms with E-state index in [9.17, 15) is 35.1 Å². The zero-order valence-corrected chi connectivity index (χ0v) is 29.3. The average Bonchev–Trinajstić information content (AvgIpc) is 3.59. The summed E-state index contributed by atoms with van der Waals surface area (Å²) in [5, 5.41) is 60.0. The number of fused-ring (bicyclic) bond motifs is 2. The van der Waals surface area contributed by atoms with E-state index in [1.165, 1.54) is 7.11 Å². The van der Waals surface area contributed by atoms with Crippen molar-refractivity contribution in [2.24, 2.45) is 63.3 Å². The molecule has 16 unspecified atom stereocenters. The van der Waals surface area contributed by atoms with Crippen molar-refractivity contribution in [1.29, 1.82) is 0 Å². The number of nitrogens with two attached hydrogens (primary N) is 2. The quantitative estimate of drug-likeness (QED) is 0.0963. The molecule has 6 fully saturated rings. The van der Waals surface area contributed by atoms with Crippen LogP contribution in [0.3, 0.4) is 0 Å². The minimum absolute atomic E-state index is 0.00558. The van der Waals surface area contributed by atoms with E-state index in [0.717, 1.165) is 51.5 Å². The van der Waals surface area contributed by atoms with Crippen molar-refractivity contribution in [2.75, 3.05) is 33.9 Å². The molecule has 6 aliphatic rings. The van der Waals surface area contributed by atoms with Gasteiger partial charge in [0.1, 0.15) is 36.0 Å². The maximum atomic E-state index is 14.7. The van der Waals surface area contributed by atoms with Crippen LogP contribution in [-0.2, 0) is 23.8 Å². The second kappa shape index (κ2) is 15.7. The minimum Gasteiger partial charge on any atom is -0.394 e. The maximum Gasteiger partial charge on any atom is 0.188 e. The predicted molar refractivity (Wildman–Crippen MR) is 180 cm³/mol. The number of nitrogens with zero attached hydrogens (tertiary/aromatic N) is 1. The standard InChI is InChI=1S/C35H59N5O10/c1-38-34(37)40-14-21-16(12-35(7-3-4-8-35)17-5-6-24(36)39-13-17)9-19-26(28(21)43)30(45)25-20(27(19)42)10-18(48-2)11-22(25)49-33-32(47)31(46)29(44)23(15-41)50-33/h16-26,28-29,31-33,39,41,43-44,46-47H,3-15,36H2,1-2H3,(H3,37,38,40). The van der Waals surface area contributed by atoms with E-state index in [2.05, 4.69) is 15.6 Å². The molecule has 15 nitrogen and oxygen atoms in total. The number of Topliss-reactive ketones (excluding diaryl/α,β-unsaturated/α-hetero) is 2. The molecule has 0 aromatic rings. The molecule has 11 N–H and O–H groups in total. The number of carbonyl (C=O) groups excluding carboxylic acids is 2. The number of nitrogens with one attached hydrogen (secondary N) is 2. The van der Waals surface area contributed by atoms with E-state index in [4.69, 9.17) is 25.7 Å². The molecule has 284 valence electrons. The number of piperidine rings is 1. The van der Waals surface area contributed by atoms with Gasteiger partial charge in [0.2, 0.25) is 0 Å². The van der Waals surface area contributed by atoms with Crippen molar-refractivity contribution in [3.63, 3.8) is 0 Å². The summed E-state index contributed by atoms with van der Waals surface area (Å²) in [6.07, 6.45) is -1.88. The Morgan fingerprint density at radius 3 is 2.36 bits per heavy atom. The lowest BCUT2D eigenvalue weighted by atomic mass is 9.51. The molecule has 0 aromatic heterocycles. The maximum absolute atomic E-state index is 14.7. The number of ether oxygens (including phenoxy) is 3. The van der Waals surface area contributed by atoms with Crippen LogP contribution in [0.15, 0.2) is 4.99 Å². The highest BCUT2D eigenvalue weighted by molar-refractivity contribution is 6.00. The summed E-state index contributed by atoms with van der Waals surface area (Å²) in [4.78, 5) is 33.4. The highest BCUT2D eigenvalue weighted by Gasteiger charge is 2.62. The van der Waals surface area contributed by atoms with Crippen LogP contribution in [0.4, 0.5) is 0 Å². The molecule has 2 saturated heterocycles. The third kappa shape index (κ3) is 7.12. The number of rotatable bonds is 9. The molecular formula is C35H59N5O10. The van der Waals surface area contributed by atoms with Crippen molar-refractivity contribution < 1.29 is 49.3 Å². The number of hydrogen-bond donors (Lipinski definition) is 9. The van der Waals surface area contributed by atoms with Gasteiger partial charge < -0.3 is 61.8 Å². The van der Waals surface area contributed by atoms with Crippen molar-refractivity contribution in [3.05, 3.63) is 0 Å². The number of hydrogen-bond acceptors (Lipinski definition) is 13. The molecule has 15 heteroatoms. The smallest absolute Gasteiger partial charge is 0.188 e. The number of ketones is 2. The Morgan fingerprint density at radius 2 is 1.72 bits per heavy atom. The number of aliphatic hydroxyl groups excluding tert-OH is 5. The van der Waals surface area contributed by atoms with Crippen molar-refractivity contribution in [1.82, 2.24) is 10.6 Å². The molecule has 4 saturated carbocycles. The van der Waals surface area contributed by atoms with Gasteiger partial charge in [-0.2, -0.15) is 0 Å². The predicted octanol–water partition coefficient (Wildman–Crippen LogP) is -1.64. The van der Waals surface area contributed by atoms with Gasteiger partial charge in [-0.15, -0.1) is 0 Å². The molecule has 0 radical (unpaired) electrons. The van der Waals surface area contributed by atoms with Gasteiger partial charge in [0.25, 0.3) is 0 Å². The summed E-state index contributed by atoms with van der Waals surface area (Å²) in [5.41, 5.74) is 12.3. The molecule has 0 spiro atoms. The molecular weight excluding hydrogens is 650 g/mol. The number of aliphatic imine (C=N–C) groups is 1. The van der Waals surface area contributed by atoms with Gasteiger partial charge in [-0.05, 0) is 68.7 Å². The number of aliphatic hydroxyl groups is 5. The van der Waals surface area contributed by atoms with Crippen LogP contribution in [0.2, 0.25) is 0 Å². The Balaban J connectivity index is 1.29. The van der Waals surface area contributed by atoms with E-state index >= 15 is 0 Å². The van der Waals surface area contributed by atoms with Crippen LogP contribution >= 0.6 is 0 Å². The first-order valence-electron chi connectivity index (χ1n) is 18.6.